The van der Waals surface area contributed by atoms with Crippen molar-refractivity contribution in [2.45, 2.75) is 36.9 Å². The third-order valence-corrected chi connectivity index (χ3v) is 2.68. The van der Waals surface area contributed by atoms with E-state index in [2.05, 4.69) is 0 Å². The van der Waals surface area contributed by atoms with Gasteiger partial charge < -0.3 is 24.8 Å². The van der Waals surface area contributed by atoms with Crippen molar-refractivity contribution in [1.82, 2.24) is 0 Å². The van der Waals surface area contributed by atoms with Gasteiger partial charge in [-0.25, -0.2) is 0 Å². The number of aliphatic hydroxyl groups excluding tert-OH is 3. The lowest BCUT2D eigenvalue weighted by Crippen LogP contribution is -2.60. The average molecular weight is 190 g/mol. The molecule has 2 aliphatic rings. The molecule has 1 spiro atoms. The first kappa shape index (κ1) is 9.36. The van der Waals surface area contributed by atoms with Gasteiger partial charge in [0, 0.05) is 6.42 Å². The van der Waals surface area contributed by atoms with Gasteiger partial charge in [0.25, 0.3) is 0 Å². The molecule has 2 saturated heterocycles. The van der Waals surface area contributed by atoms with Crippen LogP contribution in [-0.2, 0) is 9.47 Å². The maximum Gasteiger partial charge on any atom is 0.197 e. The van der Waals surface area contributed by atoms with Gasteiger partial charge in [0.05, 0.1) is 13.2 Å². The van der Waals surface area contributed by atoms with Crippen molar-refractivity contribution >= 4 is 0 Å². The minimum Gasteiger partial charge on any atom is -0.388 e. The summed E-state index contributed by atoms with van der Waals surface area (Å²) in [5, 5.41) is 28.3. The largest absolute Gasteiger partial charge is 0.388 e. The Hall–Kier alpha value is -0.200. The summed E-state index contributed by atoms with van der Waals surface area (Å²) in [6.07, 6.45) is -1.98. The molecule has 0 saturated carbocycles. The Morgan fingerprint density at radius 3 is 2.54 bits per heavy atom. The molecule has 76 valence electrons. The molecule has 0 radical (unpaired) electrons. The van der Waals surface area contributed by atoms with Crippen LogP contribution in [0.3, 0.4) is 0 Å². The zero-order chi connectivity index (χ0) is 9.47. The molecule has 4 unspecified atom stereocenters. The van der Waals surface area contributed by atoms with E-state index in [0.29, 0.717) is 13.0 Å². The molecule has 0 amide bonds. The molecular formula is C8H14O5. The van der Waals surface area contributed by atoms with Crippen LogP contribution in [0.15, 0.2) is 0 Å². The van der Waals surface area contributed by atoms with Crippen molar-refractivity contribution in [2.75, 3.05) is 13.2 Å². The van der Waals surface area contributed by atoms with Crippen LogP contribution in [-0.4, -0.2) is 52.6 Å². The highest BCUT2D eigenvalue weighted by Gasteiger charge is 2.52. The van der Waals surface area contributed by atoms with Gasteiger partial charge in [-0.3, -0.25) is 0 Å². The van der Waals surface area contributed by atoms with Gasteiger partial charge in [-0.15, -0.1) is 0 Å². The summed E-state index contributed by atoms with van der Waals surface area (Å²) < 4.78 is 10.5. The molecule has 0 bridgehead atoms. The van der Waals surface area contributed by atoms with Gasteiger partial charge in [0.2, 0.25) is 0 Å². The number of rotatable bonds is 0. The molecule has 5 heteroatoms. The van der Waals surface area contributed by atoms with E-state index in [0.717, 1.165) is 6.42 Å². The minimum atomic E-state index is -1.17. The van der Waals surface area contributed by atoms with E-state index in [4.69, 9.17) is 9.47 Å². The Balaban J connectivity index is 2.13. The van der Waals surface area contributed by atoms with E-state index in [9.17, 15) is 15.3 Å². The van der Waals surface area contributed by atoms with Crippen molar-refractivity contribution in [2.24, 2.45) is 0 Å². The fourth-order valence-electron chi connectivity index (χ4n) is 1.86. The van der Waals surface area contributed by atoms with E-state index in [-0.39, 0.29) is 6.61 Å². The van der Waals surface area contributed by atoms with Crippen LogP contribution >= 0.6 is 0 Å². The molecular weight excluding hydrogens is 176 g/mol. The Bertz CT molecular complexity index is 189. The summed E-state index contributed by atoms with van der Waals surface area (Å²) in [5.74, 6) is -1.07. The Morgan fingerprint density at radius 2 is 1.92 bits per heavy atom. The standard InChI is InChI=1S/C8H14O5/c9-5-4-13-8(2-1-3-12-8)7(11)6(5)10/h5-7,9-11H,1-4H2. The monoisotopic (exact) mass is 190 g/mol. The van der Waals surface area contributed by atoms with Crippen molar-refractivity contribution < 1.29 is 24.8 Å². The number of hydrogen-bond acceptors (Lipinski definition) is 5. The van der Waals surface area contributed by atoms with Gasteiger partial charge in [-0.2, -0.15) is 0 Å². The van der Waals surface area contributed by atoms with Gasteiger partial charge in [-0.1, -0.05) is 0 Å². The maximum atomic E-state index is 9.64. The first-order valence-corrected chi connectivity index (χ1v) is 4.48. The molecule has 13 heavy (non-hydrogen) atoms. The molecule has 2 aliphatic heterocycles. The number of ether oxygens (including phenoxy) is 2. The Kier molecular flexibility index (Phi) is 2.29. The lowest BCUT2D eigenvalue weighted by atomic mass is 9.95. The summed E-state index contributed by atoms with van der Waals surface area (Å²) in [6.45, 7) is 0.540. The van der Waals surface area contributed by atoms with Crippen molar-refractivity contribution in [3.8, 4) is 0 Å². The maximum absolute atomic E-state index is 9.64. The lowest BCUT2D eigenvalue weighted by molar-refractivity contribution is -0.322. The highest BCUT2D eigenvalue weighted by atomic mass is 16.7. The molecule has 0 aromatic rings. The zero-order valence-corrected chi connectivity index (χ0v) is 7.22. The first-order valence-electron chi connectivity index (χ1n) is 4.48. The summed E-state index contributed by atoms with van der Waals surface area (Å²) in [5.41, 5.74) is 0. The first-order chi connectivity index (χ1) is 6.16. The third kappa shape index (κ3) is 1.37. The van der Waals surface area contributed by atoms with Crippen LogP contribution in [0.25, 0.3) is 0 Å². The smallest absolute Gasteiger partial charge is 0.197 e. The van der Waals surface area contributed by atoms with Crippen molar-refractivity contribution in [3.63, 3.8) is 0 Å². The predicted octanol–water partition coefficient (Wildman–Crippen LogP) is -1.39. The minimum absolute atomic E-state index is 0.0121. The van der Waals surface area contributed by atoms with Crippen LogP contribution in [0, 0.1) is 0 Å². The Morgan fingerprint density at radius 1 is 1.15 bits per heavy atom. The second kappa shape index (κ2) is 3.18. The van der Waals surface area contributed by atoms with Gasteiger partial charge >= 0.3 is 0 Å². The average Bonchev–Trinajstić information content (AvgIpc) is 2.59. The zero-order valence-electron chi connectivity index (χ0n) is 7.22. The molecule has 4 atom stereocenters. The fourth-order valence-corrected chi connectivity index (χ4v) is 1.86. The molecule has 0 aromatic heterocycles. The summed E-state index contributed by atoms with van der Waals surface area (Å²) in [4.78, 5) is 0. The SMILES string of the molecule is OC1COC2(CCCO2)C(O)C1O. The fraction of sp³-hybridized carbons (Fsp3) is 1.00. The second-order valence-corrected chi connectivity index (χ2v) is 3.58. The molecule has 3 N–H and O–H groups in total. The van der Waals surface area contributed by atoms with Crippen LogP contribution in [0.2, 0.25) is 0 Å². The lowest BCUT2D eigenvalue weighted by Gasteiger charge is -2.41. The van der Waals surface area contributed by atoms with Gasteiger partial charge in [0.1, 0.15) is 18.3 Å². The molecule has 2 rings (SSSR count). The van der Waals surface area contributed by atoms with E-state index in [1.807, 2.05) is 0 Å². The highest BCUT2D eigenvalue weighted by molar-refractivity contribution is 4.94. The van der Waals surface area contributed by atoms with Crippen LogP contribution < -0.4 is 0 Å². The molecule has 2 fully saturated rings. The van der Waals surface area contributed by atoms with E-state index < -0.39 is 24.1 Å². The molecule has 5 nitrogen and oxygen atoms in total. The topological polar surface area (TPSA) is 79.2 Å². The van der Waals surface area contributed by atoms with Crippen molar-refractivity contribution in [1.29, 1.82) is 0 Å². The number of aliphatic hydroxyl groups is 3. The van der Waals surface area contributed by atoms with Gasteiger partial charge in [-0.05, 0) is 6.42 Å². The second-order valence-electron chi connectivity index (χ2n) is 3.58. The van der Waals surface area contributed by atoms with E-state index in [1.54, 1.807) is 0 Å². The summed E-state index contributed by atoms with van der Waals surface area (Å²) in [6, 6.07) is 0. The normalized spacial score (nSPS) is 51.5. The molecule has 2 heterocycles. The van der Waals surface area contributed by atoms with Gasteiger partial charge in [0.15, 0.2) is 5.79 Å². The van der Waals surface area contributed by atoms with Crippen LogP contribution in [0.5, 0.6) is 0 Å². The predicted molar refractivity (Wildman–Crippen MR) is 41.9 cm³/mol. The van der Waals surface area contributed by atoms with E-state index in [1.165, 1.54) is 0 Å². The van der Waals surface area contributed by atoms with Crippen LogP contribution in [0.4, 0.5) is 0 Å². The summed E-state index contributed by atoms with van der Waals surface area (Å²) >= 11 is 0. The number of hydrogen-bond donors (Lipinski definition) is 3. The summed E-state index contributed by atoms with van der Waals surface area (Å²) in [7, 11) is 0. The quantitative estimate of drug-likeness (QED) is 0.438. The van der Waals surface area contributed by atoms with Crippen molar-refractivity contribution in [3.05, 3.63) is 0 Å². The molecule has 0 aromatic carbocycles. The third-order valence-electron chi connectivity index (χ3n) is 2.68. The van der Waals surface area contributed by atoms with E-state index >= 15 is 0 Å². The van der Waals surface area contributed by atoms with Crippen LogP contribution in [0.1, 0.15) is 12.8 Å². The molecule has 0 aliphatic carbocycles. The Labute approximate surface area is 75.9 Å². The highest BCUT2D eigenvalue weighted by Crippen LogP contribution is 2.35.